The van der Waals surface area contributed by atoms with Crippen molar-refractivity contribution in [3.8, 4) is 0 Å². The third kappa shape index (κ3) is 1.72. The molecular weight excluding hydrogens is 190 g/mol. The van der Waals surface area contributed by atoms with Crippen LogP contribution in [0.4, 0.5) is 0 Å². The van der Waals surface area contributed by atoms with Crippen molar-refractivity contribution in [2.75, 3.05) is 6.61 Å². The highest BCUT2D eigenvalue weighted by atomic mass is 16.6. The summed E-state index contributed by atoms with van der Waals surface area (Å²) in [4.78, 5) is 11.9. The zero-order valence-corrected chi connectivity index (χ0v) is 9.24. The van der Waals surface area contributed by atoms with Crippen molar-refractivity contribution in [1.82, 2.24) is 0 Å². The van der Waals surface area contributed by atoms with Crippen LogP contribution in [-0.2, 0) is 9.53 Å². The summed E-state index contributed by atoms with van der Waals surface area (Å²) in [5.41, 5.74) is 5.43. The van der Waals surface area contributed by atoms with Crippen molar-refractivity contribution in [1.29, 1.82) is 0 Å². The molecule has 2 aliphatic carbocycles. The Labute approximate surface area is 90.4 Å². The summed E-state index contributed by atoms with van der Waals surface area (Å²) in [6.07, 6.45) is 4.93. The van der Waals surface area contributed by atoms with Crippen molar-refractivity contribution in [2.24, 2.45) is 23.5 Å². The van der Waals surface area contributed by atoms with E-state index >= 15 is 0 Å². The summed E-state index contributed by atoms with van der Waals surface area (Å²) >= 11 is 0. The van der Waals surface area contributed by atoms with Crippen molar-refractivity contribution >= 4 is 5.78 Å². The van der Waals surface area contributed by atoms with Gasteiger partial charge in [-0.3, -0.25) is 4.79 Å². The number of ether oxygens (including phenoxy) is 1. The molecule has 3 nitrogen and oxygen atoms in total. The van der Waals surface area contributed by atoms with Crippen molar-refractivity contribution in [2.45, 2.75) is 44.2 Å². The van der Waals surface area contributed by atoms with Crippen LogP contribution in [-0.4, -0.2) is 24.0 Å². The molecule has 1 aliphatic heterocycles. The molecule has 15 heavy (non-hydrogen) atoms. The molecule has 3 heteroatoms. The molecule has 0 radical (unpaired) electrons. The summed E-state index contributed by atoms with van der Waals surface area (Å²) in [6, 6.07) is -0.292. The molecule has 2 saturated carbocycles. The fourth-order valence-corrected chi connectivity index (χ4v) is 3.14. The summed E-state index contributed by atoms with van der Waals surface area (Å²) in [5.74, 6) is 2.77. The van der Waals surface area contributed by atoms with Gasteiger partial charge in [-0.1, -0.05) is 0 Å². The van der Waals surface area contributed by atoms with Gasteiger partial charge in [-0.15, -0.1) is 0 Å². The van der Waals surface area contributed by atoms with Gasteiger partial charge in [-0.05, 0) is 50.4 Å². The first kappa shape index (κ1) is 9.79. The lowest BCUT2D eigenvalue weighted by molar-refractivity contribution is -0.125. The van der Waals surface area contributed by atoms with Crippen LogP contribution < -0.4 is 5.73 Å². The monoisotopic (exact) mass is 209 g/mol. The Bertz CT molecular complexity index is 288. The predicted molar refractivity (Wildman–Crippen MR) is 56.3 cm³/mol. The van der Waals surface area contributed by atoms with E-state index in [2.05, 4.69) is 0 Å². The molecule has 84 valence electrons. The number of Topliss-reactive ketones (excluding diaryl/α,β-unsaturated/α-hetero) is 1. The van der Waals surface area contributed by atoms with E-state index in [1.54, 1.807) is 0 Å². The van der Waals surface area contributed by atoms with Gasteiger partial charge in [0.2, 0.25) is 0 Å². The van der Waals surface area contributed by atoms with E-state index in [-0.39, 0.29) is 11.8 Å². The van der Waals surface area contributed by atoms with Crippen LogP contribution in [0.1, 0.15) is 32.6 Å². The van der Waals surface area contributed by atoms with E-state index in [1.165, 1.54) is 19.3 Å². The largest absolute Gasteiger partial charge is 0.362 e. The average Bonchev–Trinajstić information content (AvgIpc) is 3.08. The zero-order chi connectivity index (χ0) is 10.6. The highest BCUT2D eigenvalue weighted by Gasteiger charge is 2.51. The van der Waals surface area contributed by atoms with Gasteiger partial charge < -0.3 is 10.5 Å². The Morgan fingerprint density at radius 2 is 2.07 bits per heavy atom. The molecule has 0 aromatic heterocycles. The number of rotatable bonds is 4. The third-order valence-corrected chi connectivity index (χ3v) is 4.36. The third-order valence-electron chi connectivity index (χ3n) is 4.36. The summed E-state index contributed by atoms with van der Waals surface area (Å²) < 4.78 is 5.14. The minimum atomic E-state index is -0.527. The Kier molecular flexibility index (Phi) is 1.99. The van der Waals surface area contributed by atoms with Crippen LogP contribution in [0.15, 0.2) is 0 Å². The molecule has 1 unspecified atom stereocenters. The molecule has 0 bridgehead atoms. The molecule has 1 saturated heterocycles. The van der Waals surface area contributed by atoms with Gasteiger partial charge in [0.15, 0.2) is 5.78 Å². The van der Waals surface area contributed by atoms with Crippen LogP contribution in [0.2, 0.25) is 0 Å². The summed E-state index contributed by atoms with van der Waals surface area (Å²) in [7, 11) is 0. The average molecular weight is 209 g/mol. The number of carbonyl (C=O) groups excluding carboxylic acids is 1. The first-order chi connectivity index (χ1) is 7.08. The number of hydrogen-bond donors (Lipinski definition) is 1. The van der Waals surface area contributed by atoms with Gasteiger partial charge >= 0.3 is 0 Å². The van der Waals surface area contributed by atoms with Gasteiger partial charge in [0.05, 0.1) is 12.6 Å². The predicted octanol–water partition coefficient (Wildman–Crippen LogP) is 1.11. The number of epoxide rings is 1. The molecule has 1 heterocycles. The molecule has 0 aromatic rings. The highest BCUT2D eigenvalue weighted by Crippen LogP contribution is 2.55. The van der Waals surface area contributed by atoms with E-state index < -0.39 is 5.60 Å². The molecule has 3 rings (SSSR count). The van der Waals surface area contributed by atoms with Crippen molar-refractivity contribution in [3.63, 3.8) is 0 Å². The highest BCUT2D eigenvalue weighted by molar-refractivity contribution is 5.93. The number of fused-ring (bicyclic) bond motifs is 1. The van der Waals surface area contributed by atoms with Gasteiger partial charge in [0.25, 0.3) is 0 Å². The molecule has 2 N–H and O–H groups in total. The maximum atomic E-state index is 11.9. The maximum absolute atomic E-state index is 11.9. The second kappa shape index (κ2) is 3.05. The fourth-order valence-electron chi connectivity index (χ4n) is 3.14. The summed E-state index contributed by atoms with van der Waals surface area (Å²) in [6.45, 7) is 2.41. The smallest absolute Gasteiger partial charge is 0.183 e. The Morgan fingerprint density at radius 3 is 2.60 bits per heavy atom. The number of nitrogens with two attached hydrogens (primary N) is 1. The van der Waals surface area contributed by atoms with Crippen LogP contribution in [0.5, 0.6) is 0 Å². The normalized spacial score (nSPS) is 48.5. The Hall–Kier alpha value is -0.410. The minimum absolute atomic E-state index is 0.114. The van der Waals surface area contributed by atoms with Gasteiger partial charge in [0, 0.05) is 0 Å². The topological polar surface area (TPSA) is 55.6 Å². The fraction of sp³-hybridized carbons (Fsp3) is 0.917. The SMILES string of the molecule is C[C@]1(C(=O)[C@@H](N)CC2C[C@@H]3C[C@@H]3C2)CO1. The second-order valence-corrected chi connectivity index (χ2v) is 5.82. The van der Waals surface area contributed by atoms with Crippen molar-refractivity contribution in [3.05, 3.63) is 0 Å². The molecule has 0 aromatic carbocycles. The number of ketones is 1. The molecule has 3 fully saturated rings. The summed E-state index contributed by atoms with van der Waals surface area (Å²) in [5, 5.41) is 0. The first-order valence-electron chi connectivity index (χ1n) is 6.02. The maximum Gasteiger partial charge on any atom is 0.183 e. The Balaban J connectivity index is 1.52. The van der Waals surface area contributed by atoms with Crippen LogP contribution >= 0.6 is 0 Å². The van der Waals surface area contributed by atoms with Crippen molar-refractivity contribution < 1.29 is 9.53 Å². The lowest BCUT2D eigenvalue weighted by Crippen LogP contribution is -2.40. The van der Waals surface area contributed by atoms with Crippen LogP contribution in [0, 0.1) is 17.8 Å². The van der Waals surface area contributed by atoms with Gasteiger partial charge in [-0.25, -0.2) is 0 Å². The first-order valence-corrected chi connectivity index (χ1v) is 6.02. The second-order valence-electron chi connectivity index (χ2n) is 5.82. The number of carbonyl (C=O) groups is 1. The molecule has 0 amide bonds. The van der Waals surface area contributed by atoms with Crippen LogP contribution in [0.3, 0.4) is 0 Å². The van der Waals surface area contributed by atoms with E-state index in [0.717, 1.165) is 18.3 Å². The standard InChI is InChI=1S/C12H19NO2/c1-12(6-15-12)11(14)10(13)4-7-2-8-5-9(8)3-7/h7-10H,2-6,13H2,1H3/t7?,8-,9+,10-,12+/m0/s1. The lowest BCUT2D eigenvalue weighted by atomic mass is 9.90. The molecule has 0 spiro atoms. The van der Waals surface area contributed by atoms with E-state index in [1.807, 2.05) is 6.92 Å². The van der Waals surface area contributed by atoms with E-state index in [4.69, 9.17) is 10.5 Å². The van der Waals surface area contributed by atoms with Gasteiger partial charge in [-0.2, -0.15) is 0 Å². The molecular formula is C12H19NO2. The Morgan fingerprint density at radius 1 is 1.47 bits per heavy atom. The van der Waals surface area contributed by atoms with Gasteiger partial charge in [0.1, 0.15) is 5.60 Å². The zero-order valence-electron chi connectivity index (χ0n) is 9.24. The van der Waals surface area contributed by atoms with E-state index in [0.29, 0.717) is 12.5 Å². The lowest BCUT2D eigenvalue weighted by Gasteiger charge is -2.18. The van der Waals surface area contributed by atoms with Crippen LogP contribution in [0.25, 0.3) is 0 Å². The van der Waals surface area contributed by atoms with E-state index in [9.17, 15) is 4.79 Å². The quantitative estimate of drug-likeness (QED) is 0.706. The minimum Gasteiger partial charge on any atom is -0.362 e. The number of hydrogen-bond acceptors (Lipinski definition) is 3. The molecule has 3 aliphatic rings. The molecule has 5 atom stereocenters.